The SMILES string of the molecule is CC(=CC(=O)OCc1ccccc1Cl)C(=O)OCc1ccccc1Cl. The second kappa shape index (κ2) is 9.25. The highest BCUT2D eigenvalue weighted by molar-refractivity contribution is 6.31. The van der Waals surface area contributed by atoms with Crippen LogP contribution >= 0.6 is 23.2 Å². The zero-order chi connectivity index (χ0) is 18.2. The molecular weight excluding hydrogens is 363 g/mol. The van der Waals surface area contributed by atoms with Crippen molar-refractivity contribution in [2.24, 2.45) is 0 Å². The van der Waals surface area contributed by atoms with Gasteiger partial charge in [-0.2, -0.15) is 0 Å². The lowest BCUT2D eigenvalue weighted by atomic mass is 10.2. The van der Waals surface area contributed by atoms with E-state index in [9.17, 15) is 9.59 Å². The third kappa shape index (κ3) is 5.93. The number of carbonyl (C=O) groups excluding carboxylic acids is 2. The second-order valence-corrected chi connectivity index (χ2v) is 6.01. The van der Waals surface area contributed by atoms with Crippen LogP contribution in [0.3, 0.4) is 0 Å². The van der Waals surface area contributed by atoms with E-state index in [1.807, 2.05) is 0 Å². The first kappa shape index (κ1) is 19.0. The molecule has 2 rings (SSSR count). The van der Waals surface area contributed by atoms with Crippen molar-refractivity contribution in [3.63, 3.8) is 0 Å². The highest BCUT2D eigenvalue weighted by Gasteiger charge is 2.11. The number of halogens is 2. The summed E-state index contributed by atoms with van der Waals surface area (Å²) in [5.74, 6) is -1.26. The monoisotopic (exact) mass is 378 g/mol. The Hall–Kier alpha value is -2.30. The van der Waals surface area contributed by atoms with E-state index < -0.39 is 11.9 Å². The van der Waals surface area contributed by atoms with Crippen molar-refractivity contribution in [1.29, 1.82) is 0 Å². The van der Waals surface area contributed by atoms with Gasteiger partial charge < -0.3 is 9.47 Å². The van der Waals surface area contributed by atoms with Gasteiger partial charge >= 0.3 is 11.9 Å². The van der Waals surface area contributed by atoms with Gasteiger partial charge in [-0.1, -0.05) is 59.6 Å². The average Bonchev–Trinajstić information content (AvgIpc) is 2.60. The molecule has 2 aromatic carbocycles. The van der Waals surface area contributed by atoms with E-state index in [1.165, 1.54) is 6.92 Å². The number of benzene rings is 2. The summed E-state index contributed by atoms with van der Waals surface area (Å²) in [6.07, 6.45) is 1.09. The Morgan fingerprint density at radius 2 is 1.36 bits per heavy atom. The molecule has 0 bridgehead atoms. The van der Waals surface area contributed by atoms with Crippen LogP contribution in [0.2, 0.25) is 10.0 Å². The van der Waals surface area contributed by atoms with Gasteiger partial charge in [0.2, 0.25) is 0 Å². The van der Waals surface area contributed by atoms with Crippen LogP contribution in [0, 0.1) is 0 Å². The summed E-state index contributed by atoms with van der Waals surface area (Å²) in [5, 5.41) is 1.02. The van der Waals surface area contributed by atoms with Gasteiger partial charge in [0.05, 0.1) is 0 Å². The van der Waals surface area contributed by atoms with Crippen LogP contribution in [-0.2, 0) is 32.3 Å². The molecule has 0 atom stereocenters. The third-order valence-electron chi connectivity index (χ3n) is 3.30. The van der Waals surface area contributed by atoms with E-state index in [0.29, 0.717) is 21.2 Å². The predicted molar refractivity (Wildman–Crippen MR) is 96.3 cm³/mol. The number of esters is 2. The van der Waals surface area contributed by atoms with E-state index in [0.717, 1.165) is 6.08 Å². The summed E-state index contributed by atoms with van der Waals surface area (Å²) in [7, 11) is 0. The molecule has 0 unspecified atom stereocenters. The number of carbonyl (C=O) groups is 2. The average molecular weight is 379 g/mol. The molecule has 0 spiro atoms. The van der Waals surface area contributed by atoms with Gasteiger partial charge in [-0.25, -0.2) is 9.59 Å². The first-order valence-electron chi connectivity index (χ1n) is 7.46. The molecule has 6 heteroatoms. The number of ether oxygens (including phenoxy) is 2. The number of hydrogen-bond donors (Lipinski definition) is 0. The van der Waals surface area contributed by atoms with Gasteiger partial charge in [0.1, 0.15) is 13.2 Å². The zero-order valence-electron chi connectivity index (χ0n) is 13.5. The molecule has 0 N–H and O–H groups in total. The molecule has 130 valence electrons. The minimum Gasteiger partial charge on any atom is -0.458 e. The summed E-state index contributed by atoms with van der Waals surface area (Å²) in [4.78, 5) is 23.7. The summed E-state index contributed by atoms with van der Waals surface area (Å²) < 4.78 is 10.2. The Bertz CT molecular complexity index is 800. The Labute approximate surface area is 156 Å². The van der Waals surface area contributed by atoms with Crippen LogP contribution in [0.1, 0.15) is 18.1 Å². The Kier molecular flexibility index (Phi) is 7.04. The van der Waals surface area contributed by atoms with Gasteiger partial charge in [-0.15, -0.1) is 0 Å². The van der Waals surface area contributed by atoms with E-state index in [-0.39, 0.29) is 18.8 Å². The fourth-order valence-corrected chi connectivity index (χ4v) is 2.29. The maximum absolute atomic E-state index is 11.9. The first-order valence-corrected chi connectivity index (χ1v) is 8.22. The van der Waals surface area contributed by atoms with E-state index in [1.54, 1.807) is 48.5 Å². The Morgan fingerprint density at radius 1 is 0.880 bits per heavy atom. The molecule has 2 aromatic rings. The van der Waals surface area contributed by atoms with Crippen LogP contribution in [0.15, 0.2) is 60.2 Å². The van der Waals surface area contributed by atoms with Gasteiger partial charge in [-0.05, 0) is 19.1 Å². The summed E-state index contributed by atoms with van der Waals surface area (Å²) in [6, 6.07) is 14.1. The number of rotatable bonds is 6. The molecule has 0 aliphatic carbocycles. The fourth-order valence-electron chi connectivity index (χ4n) is 1.91. The zero-order valence-corrected chi connectivity index (χ0v) is 15.0. The normalized spacial score (nSPS) is 11.1. The Morgan fingerprint density at radius 3 is 1.88 bits per heavy atom. The molecule has 0 fully saturated rings. The molecule has 0 aliphatic rings. The van der Waals surface area contributed by atoms with Crippen molar-refractivity contribution in [2.45, 2.75) is 20.1 Å². The lowest BCUT2D eigenvalue weighted by Gasteiger charge is -2.07. The van der Waals surface area contributed by atoms with Crippen LogP contribution < -0.4 is 0 Å². The first-order chi connectivity index (χ1) is 12.0. The van der Waals surface area contributed by atoms with Crippen LogP contribution in [0.4, 0.5) is 0 Å². The maximum atomic E-state index is 11.9. The van der Waals surface area contributed by atoms with Crippen molar-refractivity contribution in [2.75, 3.05) is 0 Å². The molecule has 0 aliphatic heterocycles. The van der Waals surface area contributed by atoms with Crippen LogP contribution in [0.5, 0.6) is 0 Å². The topological polar surface area (TPSA) is 52.6 Å². The molecule has 0 radical (unpaired) electrons. The fraction of sp³-hybridized carbons (Fsp3) is 0.158. The summed E-state index contributed by atoms with van der Waals surface area (Å²) >= 11 is 12.0. The lowest BCUT2D eigenvalue weighted by molar-refractivity contribution is -0.142. The minimum atomic E-state index is -0.646. The Balaban J connectivity index is 1.86. The minimum absolute atomic E-state index is 0.0248. The largest absolute Gasteiger partial charge is 0.458 e. The molecule has 0 aromatic heterocycles. The highest BCUT2D eigenvalue weighted by atomic mass is 35.5. The molecule has 0 saturated carbocycles. The summed E-state index contributed by atoms with van der Waals surface area (Å²) in [5.41, 5.74) is 1.51. The van der Waals surface area contributed by atoms with Gasteiger partial charge in [0, 0.05) is 32.8 Å². The van der Waals surface area contributed by atoms with E-state index >= 15 is 0 Å². The molecule has 4 nitrogen and oxygen atoms in total. The number of hydrogen-bond acceptors (Lipinski definition) is 4. The van der Waals surface area contributed by atoms with Crippen molar-refractivity contribution in [3.05, 3.63) is 81.4 Å². The molecule has 25 heavy (non-hydrogen) atoms. The van der Waals surface area contributed by atoms with E-state index in [2.05, 4.69) is 0 Å². The van der Waals surface area contributed by atoms with Crippen LogP contribution in [-0.4, -0.2) is 11.9 Å². The van der Waals surface area contributed by atoms with Gasteiger partial charge in [0.25, 0.3) is 0 Å². The maximum Gasteiger partial charge on any atom is 0.334 e. The predicted octanol–water partition coefficient (Wildman–Crippen LogP) is 4.73. The van der Waals surface area contributed by atoms with Crippen molar-refractivity contribution < 1.29 is 19.1 Å². The third-order valence-corrected chi connectivity index (χ3v) is 4.04. The highest BCUT2D eigenvalue weighted by Crippen LogP contribution is 2.17. The lowest BCUT2D eigenvalue weighted by Crippen LogP contribution is -2.09. The van der Waals surface area contributed by atoms with Crippen molar-refractivity contribution >= 4 is 35.1 Å². The molecule has 0 heterocycles. The van der Waals surface area contributed by atoms with Crippen molar-refractivity contribution in [1.82, 2.24) is 0 Å². The van der Waals surface area contributed by atoms with Crippen LogP contribution in [0.25, 0.3) is 0 Å². The second-order valence-electron chi connectivity index (χ2n) is 5.19. The van der Waals surface area contributed by atoms with E-state index in [4.69, 9.17) is 32.7 Å². The smallest absolute Gasteiger partial charge is 0.334 e. The van der Waals surface area contributed by atoms with Gasteiger partial charge in [0.15, 0.2) is 0 Å². The standard InChI is InChI=1S/C19H16Cl2O4/c1-13(19(23)25-12-15-7-3-5-9-17(15)21)10-18(22)24-11-14-6-2-4-8-16(14)20/h2-10H,11-12H2,1H3. The van der Waals surface area contributed by atoms with Gasteiger partial charge in [-0.3, -0.25) is 0 Å². The summed E-state index contributed by atoms with van der Waals surface area (Å²) in [6.45, 7) is 1.53. The molecule has 0 amide bonds. The molecular formula is C19H16Cl2O4. The quantitative estimate of drug-likeness (QED) is 0.538. The van der Waals surface area contributed by atoms with Crippen molar-refractivity contribution in [3.8, 4) is 0 Å². The molecule has 0 saturated heterocycles.